The monoisotopic (exact) mass is 238 g/mol. The summed E-state index contributed by atoms with van der Waals surface area (Å²) in [5.41, 5.74) is 0. The first-order valence-electron chi connectivity index (χ1n) is 6.60. The fraction of sp³-hybridized carbons (Fsp3) is 0.786. The Bertz CT molecular complexity index is 309. The lowest BCUT2D eigenvalue weighted by Gasteiger charge is -2.37. The van der Waals surface area contributed by atoms with Crippen molar-refractivity contribution in [3.8, 4) is 0 Å². The summed E-state index contributed by atoms with van der Waals surface area (Å²) in [5, 5.41) is 0. The van der Waals surface area contributed by atoms with Crippen molar-refractivity contribution in [2.24, 2.45) is 17.8 Å². The molecule has 0 aromatic carbocycles. The number of hydrogen-bond donors (Lipinski definition) is 0. The predicted octanol–water partition coefficient (Wildman–Crippen LogP) is 2.90. The van der Waals surface area contributed by atoms with Crippen molar-refractivity contribution in [1.29, 1.82) is 0 Å². The van der Waals surface area contributed by atoms with Gasteiger partial charge in [0.2, 0.25) is 6.29 Å². The molecule has 2 aliphatic rings. The van der Waals surface area contributed by atoms with E-state index in [-0.39, 0.29) is 12.1 Å². The molecule has 0 spiro atoms. The molecule has 1 saturated carbocycles. The minimum Gasteiger partial charge on any atom is -0.429 e. The summed E-state index contributed by atoms with van der Waals surface area (Å²) in [5.74, 6) is 1.68. The highest BCUT2D eigenvalue weighted by molar-refractivity contribution is 5.84. The molecular formula is C14H22O3. The molecule has 0 aromatic heterocycles. The number of ether oxygens (including phenoxy) is 2. The first kappa shape index (κ1) is 12.6. The van der Waals surface area contributed by atoms with E-state index < -0.39 is 6.29 Å². The summed E-state index contributed by atoms with van der Waals surface area (Å²) in [4.78, 5) is 11.0. The maximum atomic E-state index is 11.0. The highest BCUT2D eigenvalue weighted by Gasteiger charge is 2.34. The van der Waals surface area contributed by atoms with Crippen LogP contribution in [0.3, 0.4) is 0 Å². The van der Waals surface area contributed by atoms with E-state index in [1.54, 1.807) is 6.08 Å². The molecule has 1 aliphatic heterocycles. The molecule has 2 rings (SSSR count). The van der Waals surface area contributed by atoms with Crippen molar-refractivity contribution in [2.75, 3.05) is 0 Å². The third kappa shape index (κ3) is 3.09. The van der Waals surface area contributed by atoms with Crippen molar-refractivity contribution >= 4 is 5.97 Å². The van der Waals surface area contributed by atoms with E-state index in [2.05, 4.69) is 20.8 Å². The maximum absolute atomic E-state index is 11.0. The molecule has 0 N–H and O–H groups in total. The Balaban J connectivity index is 1.94. The second-order valence-corrected chi connectivity index (χ2v) is 5.67. The zero-order chi connectivity index (χ0) is 12.4. The first-order valence-corrected chi connectivity index (χ1v) is 6.60. The van der Waals surface area contributed by atoms with Crippen LogP contribution in [0, 0.1) is 17.8 Å². The number of rotatable bonds is 3. The molecule has 3 nitrogen and oxygen atoms in total. The van der Waals surface area contributed by atoms with E-state index in [1.807, 2.05) is 0 Å². The summed E-state index contributed by atoms with van der Waals surface area (Å²) >= 11 is 0. The molecule has 3 heteroatoms. The Labute approximate surface area is 103 Å². The van der Waals surface area contributed by atoms with Crippen LogP contribution in [0.15, 0.2) is 12.2 Å². The van der Waals surface area contributed by atoms with Gasteiger partial charge in [0.25, 0.3) is 0 Å². The minimum atomic E-state index is -0.456. The average molecular weight is 238 g/mol. The number of carbonyl (C=O) groups is 1. The maximum Gasteiger partial charge on any atom is 0.333 e. The van der Waals surface area contributed by atoms with Gasteiger partial charge in [0, 0.05) is 6.08 Å². The van der Waals surface area contributed by atoms with Gasteiger partial charge in [0.15, 0.2) is 0 Å². The Kier molecular flexibility index (Phi) is 3.87. The molecule has 0 aromatic rings. The lowest BCUT2D eigenvalue weighted by atomic mass is 9.75. The van der Waals surface area contributed by atoms with E-state index in [4.69, 9.17) is 9.47 Å². The number of carbonyl (C=O) groups excluding carboxylic acids is 1. The highest BCUT2D eigenvalue weighted by Crippen LogP contribution is 2.36. The van der Waals surface area contributed by atoms with Gasteiger partial charge in [-0.25, -0.2) is 4.79 Å². The van der Waals surface area contributed by atoms with Crippen LogP contribution in [-0.2, 0) is 14.3 Å². The molecule has 1 fully saturated rings. The number of hydrogen-bond acceptors (Lipinski definition) is 3. The molecular weight excluding hydrogens is 216 g/mol. The van der Waals surface area contributed by atoms with E-state index in [0.29, 0.717) is 11.8 Å². The van der Waals surface area contributed by atoms with Gasteiger partial charge in [-0.05, 0) is 43.1 Å². The molecule has 1 heterocycles. The summed E-state index contributed by atoms with van der Waals surface area (Å²) in [6, 6.07) is 0. The fourth-order valence-electron chi connectivity index (χ4n) is 2.86. The van der Waals surface area contributed by atoms with E-state index >= 15 is 0 Å². The second kappa shape index (κ2) is 5.21. The van der Waals surface area contributed by atoms with Gasteiger partial charge in [-0.2, -0.15) is 0 Å². The SMILES string of the molecule is CC1CCC(O[C@H]2C=CC(=O)O2)C(C(C)C)C1. The lowest BCUT2D eigenvalue weighted by Crippen LogP contribution is -2.36. The van der Waals surface area contributed by atoms with Crippen molar-refractivity contribution in [1.82, 2.24) is 0 Å². The Hall–Kier alpha value is -0.830. The standard InChI is InChI=1S/C14H22O3/c1-9(2)11-8-10(3)4-5-12(11)16-14-7-6-13(15)17-14/h6-7,9-12,14H,4-5,8H2,1-3H3/t10?,11?,12?,14-/m1/s1. The lowest BCUT2D eigenvalue weighted by molar-refractivity contribution is -0.177. The smallest absolute Gasteiger partial charge is 0.333 e. The van der Waals surface area contributed by atoms with E-state index in [9.17, 15) is 4.79 Å². The second-order valence-electron chi connectivity index (χ2n) is 5.67. The van der Waals surface area contributed by atoms with Crippen LogP contribution in [0.4, 0.5) is 0 Å². The van der Waals surface area contributed by atoms with Crippen molar-refractivity contribution < 1.29 is 14.3 Å². The molecule has 17 heavy (non-hydrogen) atoms. The van der Waals surface area contributed by atoms with E-state index in [0.717, 1.165) is 12.3 Å². The summed E-state index contributed by atoms with van der Waals surface area (Å²) in [7, 11) is 0. The third-order valence-corrected chi connectivity index (χ3v) is 3.88. The third-order valence-electron chi connectivity index (χ3n) is 3.88. The summed E-state index contributed by atoms with van der Waals surface area (Å²) in [6.45, 7) is 6.80. The van der Waals surface area contributed by atoms with Crippen LogP contribution in [0.1, 0.15) is 40.0 Å². The van der Waals surface area contributed by atoms with Crippen LogP contribution in [0.5, 0.6) is 0 Å². The average Bonchev–Trinajstić information content (AvgIpc) is 2.66. The van der Waals surface area contributed by atoms with Crippen LogP contribution in [-0.4, -0.2) is 18.4 Å². The van der Waals surface area contributed by atoms with Gasteiger partial charge in [-0.15, -0.1) is 0 Å². The normalized spacial score (nSPS) is 37.5. The van der Waals surface area contributed by atoms with Crippen LogP contribution in [0.25, 0.3) is 0 Å². The molecule has 0 bridgehead atoms. The van der Waals surface area contributed by atoms with Crippen molar-refractivity contribution in [2.45, 2.75) is 52.4 Å². The summed E-state index contributed by atoms with van der Waals surface area (Å²) < 4.78 is 11.0. The molecule has 0 saturated heterocycles. The van der Waals surface area contributed by atoms with Crippen LogP contribution in [0.2, 0.25) is 0 Å². The van der Waals surface area contributed by atoms with Crippen molar-refractivity contribution in [3.05, 3.63) is 12.2 Å². The zero-order valence-corrected chi connectivity index (χ0v) is 10.9. The van der Waals surface area contributed by atoms with Gasteiger partial charge in [-0.1, -0.05) is 20.8 Å². The predicted molar refractivity (Wildman–Crippen MR) is 65.2 cm³/mol. The molecule has 0 radical (unpaired) electrons. The molecule has 96 valence electrons. The van der Waals surface area contributed by atoms with Crippen molar-refractivity contribution in [3.63, 3.8) is 0 Å². The largest absolute Gasteiger partial charge is 0.429 e. The molecule has 0 amide bonds. The van der Waals surface area contributed by atoms with Gasteiger partial charge in [0.1, 0.15) is 0 Å². The van der Waals surface area contributed by atoms with E-state index in [1.165, 1.54) is 18.9 Å². The van der Waals surface area contributed by atoms with Crippen LogP contribution >= 0.6 is 0 Å². The number of esters is 1. The van der Waals surface area contributed by atoms with Gasteiger partial charge in [0.05, 0.1) is 6.10 Å². The molecule has 1 aliphatic carbocycles. The number of cyclic esters (lactones) is 1. The molecule has 3 unspecified atom stereocenters. The quantitative estimate of drug-likeness (QED) is 0.709. The Morgan fingerprint density at radius 3 is 2.76 bits per heavy atom. The van der Waals surface area contributed by atoms with Gasteiger partial charge >= 0.3 is 5.97 Å². The topological polar surface area (TPSA) is 35.5 Å². The fourth-order valence-corrected chi connectivity index (χ4v) is 2.86. The molecule has 4 atom stereocenters. The van der Waals surface area contributed by atoms with Gasteiger partial charge < -0.3 is 9.47 Å². The first-order chi connectivity index (χ1) is 8.06. The zero-order valence-electron chi connectivity index (χ0n) is 10.9. The summed E-state index contributed by atoms with van der Waals surface area (Å²) in [6.07, 6.45) is 6.42. The minimum absolute atomic E-state index is 0.228. The Morgan fingerprint density at radius 2 is 2.18 bits per heavy atom. The highest BCUT2D eigenvalue weighted by atomic mass is 16.7. The Morgan fingerprint density at radius 1 is 1.41 bits per heavy atom. The van der Waals surface area contributed by atoms with Gasteiger partial charge in [-0.3, -0.25) is 0 Å². The van der Waals surface area contributed by atoms with Crippen LogP contribution < -0.4 is 0 Å².